The van der Waals surface area contributed by atoms with Crippen LogP contribution in [0.5, 0.6) is 0 Å². The van der Waals surface area contributed by atoms with E-state index in [0.29, 0.717) is 17.8 Å². The Hall–Kier alpha value is -5.68. The van der Waals surface area contributed by atoms with Gasteiger partial charge < -0.3 is 14.4 Å². The molecular weight excluding hydrogens is 877 g/mol. The predicted octanol–water partition coefficient (Wildman–Crippen LogP) is 13.7. The summed E-state index contributed by atoms with van der Waals surface area (Å²) in [5.74, 6) is 2.38. The molecule has 0 atom stereocenters. The second-order valence-corrected chi connectivity index (χ2v) is 15.4. The number of hydrogen-bond donors (Lipinski definition) is 0. The third kappa shape index (κ3) is 7.98. The molecule has 9 aromatic rings. The third-order valence-corrected chi connectivity index (χ3v) is 10.5. The van der Waals surface area contributed by atoms with E-state index in [1.54, 1.807) is 0 Å². The third-order valence-electron chi connectivity index (χ3n) is 10.5. The predicted molar refractivity (Wildman–Crippen MR) is 231 cm³/mol. The molecule has 0 saturated carbocycles. The monoisotopic (exact) mass is 923 g/mol. The van der Waals surface area contributed by atoms with Crippen molar-refractivity contribution in [3.8, 4) is 39.6 Å². The Kier molecular flexibility index (Phi) is 11.7. The van der Waals surface area contributed by atoms with Crippen LogP contribution in [0.2, 0.25) is 0 Å². The van der Waals surface area contributed by atoms with Gasteiger partial charge in [-0.2, -0.15) is 0 Å². The van der Waals surface area contributed by atoms with Gasteiger partial charge in [-0.25, -0.2) is 4.98 Å². The molecule has 0 aliphatic rings. The second-order valence-electron chi connectivity index (χ2n) is 15.4. The summed E-state index contributed by atoms with van der Waals surface area (Å²) in [5.41, 5.74) is 14.8. The van der Waals surface area contributed by atoms with Crippen LogP contribution in [0.15, 0.2) is 138 Å². The summed E-state index contributed by atoms with van der Waals surface area (Å²) < 4.78 is 8.72. The van der Waals surface area contributed by atoms with E-state index in [-0.39, 0.29) is 20.1 Å². The number of para-hydroxylation sites is 1. The Balaban J connectivity index is 0.000000211. The largest absolute Gasteiger partial charge is 0.501 e. The fourth-order valence-corrected chi connectivity index (χ4v) is 7.37. The van der Waals surface area contributed by atoms with Crippen molar-refractivity contribution in [3.63, 3.8) is 0 Å². The van der Waals surface area contributed by atoms with Crippen LogP contribution in [0.4, 0.5) is 0 Å². The van der Waals surface area contributed by atoms with Crippen molar-refractivity contribution in [1.82, 2.24) is 19.5 Å². The Morgan fingerprint density at radius 3 is 1.96 bits per heavy atom. The van der Waals surface area contributed by atoms with Crippen molar-refractivity contribution >= 4 is 33.0 Å². The molecule has 4 heterocycles. The minimum absolute atomic E-state index is 0. The van der Waals surface area contributed by atoms with Crippen LogP contribution < -0.4 is 0 Å². The molecule has 5 nitrogen and oxygen atoms in total. The molecule has 0 spiro atoms. The van der Waals surface area contributed by atoms with Crippen molar-refractivity contribution in [2.75, 3.05) is 0 Å². The Labute approximate surface area is 349 Å². The summed E-state index contributed by atoms with van der Waals surface area (Å²) in [7, 11) is 0. The van der Waals surface area contributed by atoms with E-state index in [0.717, 1.165) is 72.6 Å². The summed E-state index contributed by atoms with van der Waals surface area (Å²) in [5, 5.41) is 2.10. The molecule has 9 rings (SSSR count). The van der Waals surface area contributed by atoms with E-state index in [1.165, 1.54) is 22.3 Å². The maximum atomic E-state index is 6.49. The average molecular weight is 923 g/mol. The number of hydrogen-bond acceptors (Lipinski definition) is 4. The molecule has 57 heavy (non-hydrogen) atoms. The zero-order valence-electron chi connectivity index (χ0n) is 33.5. The summed E-state index contributed by atoms with van der Waals surface area (Å²) >= 11 is 0. The van der Waals surface area contributed by atoms with Gasteiger partial charge in [-0.15, -0.1) is 53.1 Å². The van der Waals surface area contributed by atoms with Gasteiger partial charge >= 0.3 is 0 Å². The van der Waals surface area contributed by atoms with Crippen LogP contribution in [0.3, 0.4) is 0 Å². The SMILES string of the molecule is CC(C)c1ccnc(-c2[c-]ccc3c2oc2cc4nc(-c5ccccc5)n(-c5ccccc5)c4cc23)c1.Cc1c[c-]c(-c2cc(C(C)C)ccn2)cc1C(C)C.[Ir]. The minimum Gasteiger partial charge on any atom is -0.501 e. The molecule has 0 unspecified atom stereocenters. The van der Waals surface area contributed by atoms with Gasteiger partial charge in [-0.05, 0) is 59.5 Å². The number of aryl methyl sites for hydroxylation is 1. The van der Waals surface area contributed by atoms with Crippen LogP contribution in [0.1, 0.15) is 81.5 Å². The first-order chi connectivity index (χ1) is 27.2. The van der Waals surface area contributed by atoms with Crippen molar-refractivity contribution in [2.45, 2.75) is 66.2 Å². The van der Waals surface area contributed by atoms with Gasteiger partial charge in [-0.3, -0.25) is 4.57 Å². The van der Waals surface area contributed by atoms with E-state index >= 15 is 0 Å². The van der Waals surface area contributed by atoms with Crippen molar-refractivity contribution in [1.29, 1.82) is 0 Å². The van der Waals surface area contributed by atoms with Crippen molar-refractivity contribution in [3.05, 3.63) is 168 Å². The van der Waals surface area contributed by atoms with Crippen molar-refractivity contribution in [2.24, 2.45) is 0 Å². The molecule has 0 bridgehead atoms. The van der Waals surface area contributed by atoms with E-state index in [9.17, 15) is 0 Å². The number of imidazole rings is 1. The van der Waals surface area contributed by atoms with Crippen LogP contribution in [-0.4, -0.2) is 19.5 Å². The second kappa shape index (κ2) is 16.8. The molecule has 0 N–H and O–H groups in total. The number of furan rings is 1. The zero-order chi connectivity index (χ0) is 38.9. The molecule has 4 aromatic heterocycles. The fourth-order valence-electron chi connectivity index (χ4n) is 7.37. The first-order valence-electron chi connectivity index (χ1n) is 19.5. The number of rotatable bonds is 7. The van der Waals surface area contributed by atoms with Gasteiger partial charge in [0.2, 0.25) is 0 Å². The standard InChI is InChI=1S/C33H24N3O.C18H22N.Ir/c1-21(2)23-16-17-34-28(18-23)26-15-9-14-25-27-19-30-29(20-31(27)37-32(25)26)35-33(22-10-5-3-6-11-22)36(30)24-12-7-4-8-13-24;1-12(2)15-8-9-19-18(11-15)16-7-6-14(5)17(10-16)13(3)4;/h3-14,16-21H,1-2H3;6,8-13H,1-5H3;/q2*-1;. The van der Waals surface area contributed by atoms with Gasteiger partial charge in [0.05, 0.1) is 16.6 Å². The van der Waals surface area contributed by atoms with E-state index in [1.807, 2.05) is 42.7 Å². The minimum atomic E-state index is 0. The Bertz CT molecular complexity index is 2800. The molecule has 5 aromatic carbocycles. The van der Waals surface area contributed by atoms with Gasteiger partial charge in [-0.1, -0.05) is 131 Å². The molecule has 0 fully saturated rings. The molecule has 0 amide bonds. The summed E-state index contributed by atoms with van der Waals surface area (Å²) in [4.78, 5) is 14.2. The summed E-state index contributed by atoms with van der Waals surface area (Å²) in [6.07, 6.45) is 3.76. The normalized spacial score (nSPS) is 11.4. The fraction of sp³-hybridized carbons (Fsp3) is 0.196. The van der Waals surface area contributed by atoms with Gasteiger partial charge in [0.25, 0.3) is 0 Å². The quantitative estimate of drug-likeness (QED) is 0.149. The van der Waals surface area contributed by atoms with Crippen molar-refractivity contribution < 1.29 is 24.5 Å². The number of fused-ring (bicyclic) bond motifs is 4. The van der Waals surface area contributed by atoms with Crippen LogP contribution in [0.25, 0.3) is 72.6 Å². The summed E-state index contributed by atoms with van der Waals surface area (Å²) in [6.45, 7) is 15.4. The summed E-state index contributed by atoms with van der Waals surface area (Å²) in [6, 6.07) is 48.5. The smallest absolute Gasteiger partial charge is 0.145 e. The number of pyridine rings is 2. The van der Waals surface area contributed by atoms with E-state index in [2.05, 4.69) is 166 Å². The van der Waals surface area contributed by atoms with Crippen LogP contribution in [-0.2, 0) is 20.1 Å². The first kappa shape index (κ1) is 39.6. The molecule has 0 aliphatic heterocycles. The number of nitrogens with zero attached hydrogens (tertiary/aromatic N) is 4. The maximum absolute atomic E-state index is 6.49. The number of aromatic nitrogens is 4. The van der Waals surface area contributed by atoms with Gasteiger partial charge in [0.1, 0.15) is 11.4 Å². The molecule has 0 aliphatic carbocycles. The van der Waals surface area contributed by atoms with E-state index < -0.39 is 0 Å². The molecular formula is C51H46IrN4O-2. The molecule has 6 heteroatoms. The number of benzene rings is 5. The topological polar surface area (TPSA) is 56.7 Å². The van der Waals surface area contributed by atoms with Crippen LogP contribution >= 0.6 is 0 Å². The van der Waals surface area contributed by atoms with Crippen LogP contribution in [0, 0.1) is 19.1 Å². The molecule has 287 valence electrons. The van der Waals surface area contributed by atoms with Gasteiger partial charge in [0, 0.05) is 55.2 Å². The van der Waals surface area contributed by atoms with E-state index in [4.69, 9.17) is 9.40 Å². The Morgan fingerprint density at radius 1 is 0.649 bits per heavy atom. The maximum Gasteiger partial charge on any atom is 0.145 e. The zero-order valence-corrected chi connectivity index (χ0v) is 35.9. The Morgan fingerprint density at radius 2 is 1.30 bits per heavy atom. The average Bonchev–Trinajstić information content (AvgIpc) is 3.78. The molecule has 0 saturated heterocycles. The van der Waals surface area contributed by atoms with Gasteiger partial charge in [0.15, 0.2) is 0 Å². The molecule has 1 radical (unpaired) electrons. The first-order valence-corrected chi connectivity index (χ1v) is 19.5.